The van der Waals surface area contributed by atoms with Gasteiger partial charge in [-0.2, -0.15) is 0 Å². The summed E-state index contributed by atoms with van der Waals surface area (Å²) in [6, 6.07) is 18.0. The summed E-state index contributed by atoms with van der Waals surface area (Å²) in [4.78, 5) is 4.35. The van der Waals surface area contributed by atoms with Crippen LogP contribution in [-0.4, -0.2) is 10.1 Å². The Morgan fingerprint density at radius 1 is 0.950 bits per heavy atom. The van der Waals surface area contributed by atoms with Gasteiger partial charge in [0.1, 0.15) is 0 Å². The molecule has 0 amide bonds. The number of nitrogens with one attached hydrogen (secondary N) is 1. The second-order valence-corrected chi connectivity index (χ2v) is 4.71. The number of para-hydroxylation sites is 1. The fourth-order valence-corrected chi connectivity index (χ4v) is 2.29. The highest BCUT2D eigenvalue weighted by molar-refractivity contribution is 5.90. The van der Waals surface area contributed by atoms with Crippen LogP contribution in [0.1, 0.15) is 11.1 Å². The van der Waals surface area contributed by atoms with Gasteiger partial charge in [-0.15, -0.1) is 0 Å². The van der Waals surface area contributed by atoms with Gasteiger partial charge in [0.2, 0.25) is 0 Å². The standard InChI is InChI=1S/C17H16N2O/c20-12-14-5-3-4-13(10-14)11-19-17-8-9-18-16-7-2-1-6-15(16)17/h1-10,20H,11-12H2,(H,18,19). The number of hydrogen-bond acceptors (Lipinski definition) is 3. The van der Waals surface area contributed by atoms with Crippen LogP contribution >= 0.6 is 0 Å². The first-order chi connectivity index (χ1) is 9.86. The first kappa shape index (κ1) is 12.6. The maximum atomic E-state index is 9.16. The number of aliphatic hydroxyl groups is 1. The van der Waals surface area contributed by atoms with E-state index in [-0.39, 0.29) is 6.61 Å². The van der Waals surface area contributed by atoms with Crippen molar-refractivity contribution in [2.75, 3.05) is 5.32 Å². The van der Waals surface area contributed by atoms with Crippen LogP contribution in [0.5, 0.6) is 0 Å². The van der Waals surface area contributed by atoms with Crippen LogP contribution in [0, 0.1) is 0 Å². The topological polar surface area (TPSA) is 45.1 Å². The molecule has 0 spiro atoms. The van der Waals surface area contributed by atoms with Crippen molar-refractivity contribution in [3.63, 3.8) is 0 Å². The van der Waals surface area contributed by atoms with Gasteiger partial charge in [-0.3, -0.25) is 4.98 Å². The van der Waals surface area contributed by atoms with E-state index in [1.54, 1.807) is 0 Å². The molecule has 2 aromatic carbocycles. The number of rotatable bonds is 4. The summed E-state index contributed by atoms with van der Waals surface area (Å²) < 4.78 is 0. The Morgan fingerprint density at radius 3 is 2.70 bits per heavy atom. The Hall–Kier alpha value is -2.39. The van der Waals surface area contributed by atoms with Crippen LogP contribution in [0.2, 0.25) is 0 Å². The first-order valence-corrected chi connectivity index (χ1v) is 6.63. The highest BCUT2D eigenvalue weighted by Crippen LogP contribution is 2.21. The van der Waals surface area contributed by atoms with Crippen molar-refractivity contribution in [3.8, 4) is 0 Å². The molecule has 0 aliphatic rings. The molecule has 0 aliphatic heterocycles. The Bertz CT molecular complexity index is 720. The van der Waals surface area contributed by atoms with Crippen LogP contribution in [-0.2, 0) is 13.2 Å². The molecule has 2 N–H and O–H groups in total. The summed E-state index contributed by atoms with van der Waals surface area (Å²) in [6.45, 7) is 0.799. The molecule has 0 aliphatic carbocycles. The lowest BCUT2D eigenvalue weighted by Gasteiger charge is -2.10. The Balaban J connectivity index is 1.83. The van der Waals surface area contributed by atoms with Gasteiger partial charge in [0.15, 0.2) is 0 Å². The maximum absolute atomic E-state index is 9.16. The Kier molecular flexibility index (Phi) is 3.61. The number of nitrogens with zero attached hydrogens (tertiary/aromatic N) is 1. The minimum Gasteiger partial charge on any atom is -0.392 e. The predicted octanol–water partition coefficient (Wildman–Crippen LogP) is 3.34. The number of fused-ring (bicyclic) bond motifs is 1. The van der Waals surface area contributed by atoms with E-state index in [0.29, 0.717) is 0 Å². The van der Waals surface area contributed by atoms with Gasteiger partial charge in [-0.05, 0) is 23.3 Å². The van der Waals surface area contributed by atoms with E-state index in [1.807, 2.05) is 48.7 Å². The maximum Gasteiger partial charge on any atom is 0.0722 e. The lowest BCUT2D eigenvalue weighted by atomic mass is 10.1. The second-order valence-electron chi connectivity index (χ2n) is 4.71. The number of benzene rings is 2. The molecule has 20 heavy (non-hydrogen) atoms. The van der Waals surface area contributed by atoms with Crippen LogP contribution in [0.15, 0.2) is 60.8 Å². The van der Waals surface area contributed by atoms with Gasteiger partial charge in [0, 0.05) is 23.8 Å². The molecule has 0 atom stereocenters. The van der Waals surface area contributed by atoms with Crippen LogP contribution in [0.25, 0.3) is 10.9 Å². The molecule has 0 unspecified atom stereocenters. The molecule has 0 bridgehead atoms. The molecule has 1 aromatic heterocycles. The molecule has 100 valence electrons. The van der Waals surface area contributed by atoms with E-state index in [1.165, 1.54) is 0 Å². The predicted molar refractivity (Wildman–Crippen MR) is 81.4 cm³/mol. The molecule has 3 heteroatoms. The second kappa shape index (κ2) is 5.72. The summed E-state index contributed by atoms with van der Waals surface area (Å²) in [5.74, 6) is 0. The number of hydrogen-bond donors (Lipinski definition) is 2. The number of pyridine rings is 1. The minimum absolute atomic E-state index is 0.0754. The number of anilines is 1. The molecular formula is C17H16N2O. The zero-order valence-electron chi connectivity index (χ0n) is 11.1. The van der Waals surface area contributed by atoms with Crippen molar-refractivity contribution in [2.45, 2.75) is 13.2 Å². The van der Waals surface area contributed by atoms with Crippen molar-refractivity contribution in [1.29, 1.82) is 0 Å². The van der Waals surface area contributed by atoms with Crippen molar-refractivity contribution in [1.82, 2.24) is 4.98 Å². The third-order valence-corrected chi connectivity index (χ3v) is 3.31. The van der Waals surface area contributed by atoms with Gasteiger partial charge < -0.3 is 10.4 Å². The SMILES string of the molecule is OCc1cccc(CNc2ccnc3ccccc23)c1. The smallest absolute Gasteiger partial charge is 0.0722 e. The summed E-state index contributed by atoms with van der Waals surface area (Å²) in [6.07, 6.45) is 1.81. The summed E-state index contributed by atoms with van der Waals surface area (Å²) in [5, 5.41) is 13.7. The highest BCUT2D eigenvalue weighted by atomic mass is 16.3. The molecule has 1 heterocycles. The van der Waals surface area contributed by atoms with Crippen LogP contribution in [0.3, 0.4) is 0 Å². The van der Waals surface area contributed by atoms with E-state index >= 15 is 0 Å². The molecule has 3 rings (SSSR count). The van der Waals surface area contributed by atoms with E-state index in [0.717, 1.165) is 34.3 Å². The van der Waals surface area contributed by atoms with Gasteiger partial charge >= 0.3 is 0 Å². The third kappa shape index (κ3) is 2.63. The highest BCUT2D eigenvalue weighted by Gasteiger charge is 2.01. The molecule has 0 saturated carbocycles. The van der Waals surface area contributed by atoms with E-state index in [2.05, 4.69) is 22.4 Å². The molecule has 3 nitrogen and oxygen atoms in total. The van der Waals surface area contributed by atoms with Gasteiger partial charge in [-0.1, -0.05) is 42.5 Å². The number of aromatic nitrogens is 1. The summed E-state index contributed by atoms with van der Waals surface area (Å²) in [7, 11) is 0. The van der Waals surface area contributed by atoms with Gasteiger partial charge in [-0.25, -0.2) is 0 Å². The quantitative estimate of drug-likeness (QED) is 0.759. The molecule has 0 radical (unpaired) electrons. The fourth-order valence-electron chi connectivity index (χ4n) is 2.29. The Labute approximate surface area is 117 Å². The fraction of sp³-hybridized carbons (Fsp3) is 0.118. The first-order valence-electron chi connectivity index (χ1n) is 6.63. The minimum atomic E-state index is 0.0754. The lowest BCUT2D eigenvalue weighted by molar-refractivity contribution is 0.281. The molecule has 3 aromatic rings. The lowest BCUT2D eigenvalue weighted by Crippen LogP contribution is -2.01. The van der Waals surface area contributed by atoms with E-state index < -0.39 is 0 Å². The molecule has 0 fully saturated rings. The van der Waals surface area contributed by atoms with Gasteiger partial charge in [0.25, 0.3) is 0 Å². The molecular weight excluding hydrogens is 248 g/mol. The van der Waals surface area contributed by atoms with E-state index in [4.69, 9.17) is 5.11 Å². The normalized spacial score (nSPS) is 10.7. The monoisotopic (exact) mass is 264 g/mol. The number of aliphatic hydroxyl groups excluding tert-OH is 1. The average Bonchev–Trinajstić information content (AvgIpc) is 2.53. The Morgan fingerprint density at radius 2 is 1.80 bits per heavy atom. The van der Waals surface area contributed by atoms with Gasteiger partial charge in [0.05, 0.1) is 12.1 Å². The van der Waals surface area contributed by atoms with Crippen molar-refractivity contribution >= 4 is 16.6 Å². The van der Waals surface area contributed by atoms with Crippen molar-refractivity contribution in [3.05, 3.63) is 71.9 Å². The summed E-state index contributed by atoms with van der Waals surface area (Å²) >= 11 is 0. The van der Waals surface area contributed by atoms with E-state index in [9.17, 15) is 0 Å². The van der Waals surface area contributed by atoms with Crippen LogP contribution < -0.4 is 5.32 Å². The molecule has 0 saturated heterocycles. The zero-order chi connectivity index (χ0) is 13.8. The van der Waals surface area contributed by atoms with Crippen molar-refractivity contribution in [2.24, 2.45) is 0 Å². The van der Waals surface area contributed by atoms with Crippen molar-refractivity contribution < 1.29 is 5.11 Å². The van der Waals surface area contributed by atoms with Crippen LogP contribution in [0.4, 0.5) is 5.69 Å². The largest absolute Gasteiger partial charge is 0.392 e. The summed E-state index contributed by atoms with van der Waals surface area (Å²) in [5.41, 5.74) is 4.15. The zero-order valence-corrected chi connectivity index (χ0v) is 11.1. The third-order valence-electron chi connectivity index (χ3n) is 3.31. The average molecular weight is 264 g/mol.